The minimum Gasteiger partial charge on any atom is -0.289 e. The summed E-state index contributed by atoms with van der Waals surface area (Å²) in [4.78, 5) is 13.4. The van der Waals surface area contributed by atoms with Crippen molar-refractivity contribution in [3.63, 3.8) is 0 Å². The van der Waals surface area contributed by atoms with Crippen LogP contribution in [0.2, 0.25) is 0 Å². The Hall–Kier alpha value is -2.96. The molecule has 0 aliphatic heterocycles. The molecule has 2 aromatic heterocycles. The van der Waals surface area contributed by atoms with Gasteiger partial charge in [0.2, 0.25) is 0 Å². The van der Waals surface area contributed by atoms with E-state index in [2.05, 4.69) is 0 Å². The van der Waals surface area contributed by atoms with E-state index < -0.39 is 10.0 Å². The van der Waals surface area contributed by atoms with Gasteiger partial charge >= 0.3 is 0 Å². The maximum Gasteiger partial charge on any atom is 0.268 e. The molecule has 5 rings (SSSR count). The number of hydrogen-bond acceptors (Lipinski definition) is 4. The standard InChI is InChI=1S/C23H17NO3S2/c1-15-6-8-18(9-7-15)29(26,27)24-20-5-3-2-4-19(20)22-21(24)13-17(23(22)25)12-16-10-11-28-14-16/h2-12,14H,13H2,1H3/b17-12-. The van der Waals surface area contributed by atoms with Crippen molar-refractivity contribution in [1.29, 1.82) is 0 Å². The van der Waals surface area contributed by atoms with Gasteiger partial charge in [-0.1, -0.05) is 35.9 Å². The summed E-state index contributed by atoms with van der Waals surface area (Å²) in [5.41, 5.74) is 4.15. The molecule has 0 saturated carbocycles. The van der Waals surface area contributed by atoms with Crippen LogP contribution in [0.3, 0.4) is 0 Å². The lowest BCUT2D eigenvalue weighted by atomic mass is 10.1. The zero-order valence-electron chi connectivity index (χ0n) is 15.6. The van der Waals surface area contributed by atoms with Crippen molar-refractivity contribution in [2.24, 2.45) is 0 Å². The van der Waals surface area contributed by atoms with Crippen LogP contribution in [-0.2, 0) is 16.4 Å². The van der Waals surface area contributed by atoms with Crippen molar-refractivity contribution in [3.8, 4) is 0 Å². The monoisotopic (exact) mass is 419 g/mol. The number of rotatable bonds is 3. The molecular weight excluding hydrogens is 402 g/mol. The van der Waals surface area contributed by atoms with Crippen LogP contribution >= 0.6 is 11.3 Å². The van der Waals surface area contributed by atoms with Crippen LogP contribution in [0.4, 0.5) is 0 Å². The summed E-state index contributed by atoms with van der Waals surface area (Å²) in [7, 11) is -3.83. The number of Topliss-reactive ketones (excluding diaryl/α,β-unsaturated/α-hetero) is 1. The van der Waals surface area contributed by atoms with Gasteiger partial charge in [0.15, 0.2) is 5.78 Å². The van der Waals surface area contributed by atoms with E-state index in [9.17, 15) is 13.2 Å². The Labute approximate surface area is 172 Å². The van der Waals surface area contributed by atoms with Crippen molar-refractivity contribution >= 4 is 44.1 Å². The Morgan fingerprint density at radius 2 is 1.79 bits per heavy atom. The van der Waals surface area contributed by atoms with E-state index in [4.69, 9.17) is 0 Å². The Balaban J connectivity index is 1.75. The van der Waals surface area contributed by atoms with E-state index in [1.165, 1.54) is 3.97 Å². The SMILES string of the molecule is Cc1ccc(S(=O)(=O)n2c3c(c4ccccc42)C(=O)/C(=C\c2ccsc2)C3)cc1. The van der Waals surface area contributed by atoms with Crippen LogP contribution in [0.1, 0.15) is 27.2 Å². The van der Waals surface area contributed by atoms with Gasteiger partial charge in [-0.05, 0) is 53.6 Å². The fourth-order valence-electron chi connectivity index (χ4n) is 3.86. The van der Waals surface area contributed by atoms with E-state index in [-0.39, 0.29) is 10.7 Å². The highest BCUT2D eigenvalue weighted by molar-refractivity contribution is 7.90. The van der Waals surface area contributed by atoms with Crippen LogP contribution < -0.4 is 0 Å². The quantitative estimate of drug-likeness (QED) is 0.436. The fraction of sp³-hybridized carbons (Fsp3) is 0.0870. The molecule has 4 aromatic rings. The second kappa shape index (κ2) is 6.54. The zero-order valence-corrected chi connectivity index (χ0v) is 17.3. The molecule has 0 saturated heterocycles. The number of ketones is 1. The summed E-state index contributed by atoms with van der Waals surface area (Å²) in [6, 6.07) is 16.0. The van der Waals surface area contributed by atoms with Crippen LogP contribution in [-0.4, -0.2) is 18.2 Å². The Morgan fingerprint density at radius 3 is 2.52 bits per heavy atom. The molecule has 0 fully saturated rings. The molecule has 0 amide bonds. The number of thiophene rings is 1. The largest absolute Gasteiger partial charge is 0.289 e. The van der Waals surface area contributed by atoms with Gasteiger partial charge in [0.05, 0.1) is 21.7 Å². The first-order valence-corrected chi connectivity index (χ1v) is 11.6. The van der Waals surface area contributed by atoms with E-state index in [0.29, 0.717) is 34.2 Å². The fourth-order valence-corrected chi connectivity index (χ4v) is 6.04. The summed E-state index contributed by atoms with van der Waals surface area (Å²) in [5.74, 6) is -0.0970. The lowest BCUT2D eigenvalue weighted by Crippen LogP contribution is -2.15. The molecule has 144 valence electrons. The number of allylic oxidation sites excluding steroid dienone is 1. The molecule has 0 atom stereocenters. The number of aromatic nitrogens is 1. The minimum atomic E-state index is -3.83. The Morgan fingerprint density at radius 1 is 1.03 bits per heavy atom. The molecular formula is C23H17NO3S2. The van der Waals surface area contributed by atoms with Crippen LogP contribution in [0.5, 0.6) is 0 Å². The number of nitrogens with zero attached hydrogens (tertiary/aromatic N) is 1. The minimum absolute atomic E-state index is 0.0970. The van der Waals surface area contributed by atoms with Crippen molar-refractivity contribution in [1.82, 2.24) is 3.97 Å². The molecule has 2 heterocycles. The number of carbonyl (C=O) groups excluding carboxylic acids is 1. The van der Waals surface area contributed by atoms with E-state index in [1.807, 2.05) is 42.0 Å². The number of fused-ring (bicyclic) bond motifs is 3. The van der Waals surface area contributed by atoms with Gasteiger partial charge in [-0.3, -0.25) is 4.79 Å². The van der Waals surface area contributed by atoms with Crippen molar-refractivity contribution in [3.05, 3.63) is 93.3 Å². The summed E-state index contributed by atoms with van der Waals surface area (Å²) >= 11 is 1.56. The third-order valence-electron chi connectivity index (χ3n) is 5.25. The van der Waals surface area contributed by atoms with Gasteiger partial charge < -0.3 is 0 Å². The molecule has 6 heteroatoms. The Kier molecular flexibility index (Phi) is 4.08. The van der Waals surface area contributed by atoms with Gasteiger partial charge in [0.1, 0.15) is 0 Å². The van der Waals surface area contributed by atoms with Crippen LogP contribution in [0.15, 0.2) is 75.8 Å². The maximum atomic E-state index is 13.5. The molecule has 1 aliphatic carbocycles. The molecule has 0 N–H and O–H groups in total. The number of hydrogen-bond donors (Lipinski definition) is 0. The van der Waals surface area contributed by atoms with Gasteiger partial charge in [-0.2, -0.15) is 11.3 Å². The molecule has 0 radical (unpaired) electrons. The van der Waals surface area contributed by atoms with E-state index >= 15 is 0 Å². The second-order valence-electron chi connectivity index (χ2n) is 7.15. The molecule has 0 unspecified atom stereocenters. The lowest BCUT2D eigenvalue weighted by molar-refractivity contribution is 0.104. The summed E-state index contributed by atoms with van der Waals surface area (Å²) < 4.78 is 28.4. The number of aryl methyl sites for hydroxylation is 1. The first-order valence-electron chi connectivity index (χ1n) is 9.19. The number of carbonyl (C=O) groups is 1. The van der Waals surface area contributed by atoms with E-state index in [0.717, 1.165) is 11.1 Å². The summed E-state index contributed by atoms with van der Waals surface area (Å²) in [6.07, 6.45) is 2.15. The molecule has 2 aromatic carbocycles. The second-order valence-corrected chi connectivity index (χ2v) is 9.72. The zero-order chi connectivity index (χ0) is 20.2. The van der Waals surface area contributed by atoms with Crippen molar-refractivity contribution in [2.75, 3.05) is 0 Å². The highest BCUT2D eigenvalue weighted by atomic mass is 32.2. The first-order chi connectivity index (χ1) is 14.0. The van der Waals surface area contributed by atoms with E-state index in [1.54, 1.807) is 47.7 Å². The first kappa shape index (κ1) is 18.1. The maximum absolute atomic E-state index is 13.5. The Bertz CT molecular complexity index is 1390. The molecule has 1 aliphatic rings. The third kappa shape index (κ3) is 2.79. The van der Waals surface area contributed by atoms with Crippen LogP contribution in [0.25, 0.3) is 17.0 Å². The molecule has 0 bridgehead atoms. The lowest BCUT2D eigenvalue weighted by Gasteiger charge is -2.11. The predicted molar refractivity (Wildman–Crippen MR) is 116 cm³/mol. The molecule has 29 heavy (non-hydrogen) atoms. The normalized spacial score (nSPS) is 15.3. The third-order valence-corrected chi connectivity index (χ3v) is 7.71. The summed E-state index contributed by atoms with van der Waals surface area (Å²) in [5, 5.41) is 4.60. The van der Waals surface area contributed by atoms with Gasteiger partial charge in [0, 0.05) is 17.4 Å². The van der Waals surface area contributed by atoms with Crippen molar-refractivity contribution < 1.29 is 13.2 Å². The smallest absolute Gasteiger partial charge is 0.268 e. The topological polar surface area (TPSA) is 56.1 Å². The van der Waals surface area contributed by atoms with Crippen molar-refractivity contribution in [2.45, 2.75) is 18.2 Å². The number of benzene rings is 2. The molecule has 0 spiro atoms. The van der Waals surface area contributed by atoms with Crippen LogP contribution in [0, 0.1) is 6.92 Å². The molecule has 4 nitrogen and oxygen atoms in total. The number of para-hydroxylation sites is 1. The summed E-state index contributed by atoms with van der Waals surface area (Å²) in [6.45, 7) is 1.92. The average Bonchev–Trinajstić information content (AvgIpc) is 3.39. The van der Waals surface area contributed by atoms with Gasteiger partial charge in [-0.25, -0.2) is 12.4 Å². The highest BCUT2D eigenvalue weighted by Crippen LogP contribution is 2.38. The average molecular weight is 420 g/mol. The van der Waals surface area contributed by atoms with Gasteiger partial charge in [0.25, 0.3) is 10.0 Å². The highest BCUT2D eigenvalue weighted by Gasteiger charge is 2.35. The predicted octanol–water partition coefficient (Wildman–Crippen LogP) is 5.07. The van der Waals surface area contributed by atoms with Gasteiger partial charge in [-0.15, -0.1) is 0 Å².